The van der Waals surface area contributed by atoms with E-state index in [9.17, 15) is 0 Å². The van der Waals surface area contributed by atoms with Crippen LogP contribution in [-0.2, 0) is 0 Å². The summed E-state index contributed by atoms with van der Waals surface area (Å²) in [5, 5.41) is 0. The van der Waals surface area contributed by atoms with E-state index in [2.05, 4.69) is 39.3 Å². The van der Waals surface area contributed by atoms with Gasteiger partial charge in [0.05, 0.1) is 0 Å². The molecule has 2 heteroatoms. The highest BCUT2D eigenvalue weighted by atomic mass is 31.1. The molecule has 92 valence electrons. The molecule has 0 bridgehead atoms. The molecule has 4 unspecified atom stereocenters. The van der Waals surface area contributed by atoms with E-state index < -0.39 is 0 Å². The van der Waals surface area contributed by atoms with E-state index in [4.69, 9.17) is 0 Å². The largest absolute Gasteiger partial charge is 0.0774 e. The standard InChI is InChI=1S/C14H26P2/c1-11-5-6-12(2)15(11)9-10-16-13(3)7-8-14(16)4/h9-14H,5-8H2,1-4H3/b10-9-. The number of hydrogen-bond acceptors (Lipinski definition) is 0. The molecular weight excluding hydrogens is 230 g/mol. The van der Waals surface area contributed by atoms with Crippen LogP contribution in [0.4, 0.5) is 0 Å². The van der Waals surface area contributed by atoms with Gasteiger partial charge in [-0.3, -0.25) is 0 Å². The maximum Gasteiger partial charge on any atom is -0.0200 e. The summed E-state index contributed by atoms with van der Waals surface area (Å²) >= 11 is 0. The zero-order chi connectivity index (χ0) is 11.7. The van der Waals surface area contributed by atoms with Gasteiger partial charge in [-0.2, -0.15) is 0 Å². The zero-order valence-electron chi connectivity index (χ0n) is 11.2. The third kappa shape index (κ3) is 2.70. The molecule has 0 nitrogen and oxygen atoms in total. The summed E-state index contributed by atoms with van der Waals surface area (Å²) in [4.78, 5) is 0. The molecule has 2 fully saturated rings. The zero-order valence-corrected chi connectivity index (χ0v) is 13.0. The lowest BCUT2D eigenvalue weighted by atomic mass is 10.2. The average Bonchev–Trinajstić information content (AvgIpc) is 2.72. The first-order valence-corrected chi connectivity index (χ1v) is 9.92. The van der Waals surface area contributed by atoms with E-state index in [0.29, 0.717) is 0 Å². The molecule has 2 rings (SSSR count). The minimum Gasteiger partial charge on any atom is -0.0774 e. The first-order chi connectivity index (χ1) is 7.59. The Kier molecular flexibility index (Phi) is 4.48. The van der Waals surface area contributed by atoms with Gasteiger partial charge in [0.1, 0.15) is 0 Å². The Labute approximate surface area is 104 Å². The van der Waals surface area contributed by atoms with Gasteiger partial charge in [0.2, 0.25) is 0 Å². The minimum absolute atomic E-state index is 0.214. The minimum atomic E-state index is 0.214. The molecule has 0 aromatic rings. The quantitative estimate of drug-likeness (QED) is 0.567. The lowest BCUT2D eigenvalue weighted by molar-refractivity contribution is 0.777. The molecule has 0 saturated carbocycles. The molecule has 4 atom stereocenters. The van der Waals surface area contributed by atoms with Crippen LogP contribution < -0.4 is 0 Å². The fourth-order valence-corrected chi connectivity index (χ4v) is 9.11. The summed E-state index contributed by atoms with van der Waals surface area (Å²) in [7, 11) is 0.428. The SMILES string of the molecule is CC1CCC(C)P1/C=C\P1C(C)CCC1C. The van der Waals surface area contributed by atoms with Crippen LogP contribution >= 0.6 is 15.8 Å². The fraction of sp³-hybridized carbons (Fsp3) is 0.857. The molecule has 2 aliphatic rings. The van der Waals surface area contributed by atoms with Crippen LogP contribution in [0.15, 0.2) is 11.6 Å². The van der Waals surface area contributed by atoms with Crippen molar-refractivity contribution < 1.29 is 0 Å². The van der Waals surface area contributed by atoms with Gasteiger partial charge in [-0.1, -0.05) is 55.2 Å². The van der Waals surface area contributed by atoms with Crippen molar-refractivity contribution in [1.82, 2.24) is 0 Å². The lowest BCUT2D eigenvalue weighted by Crippen LogP contribution is -1.95. The Bertz CT molecular complexity index is 215. The molecule has 0 aromatic carbocycles. The van der Waals surface area contributed by atoms with Gasteiger partial charge in [0.15, 0.2) is 0 Å². The van der Waals surface area contributed by atoms with Crippen molar-refractivity contribution in [1.29, 1.82) is 0 Å². The smallest absolute Gasteiger partial charge is 0.0200 e. The lowest BCUT2D eigenvalue weighted by Gasteiger charge is -2.20. The van der Waals surface area contributed by atoms with Gasteiger partial charge in [-0.05, 0) is 48.3 Å². The Morgan fingerprint density at radius 1 is 0.625 bits per heavy atom. The maximum absolute atomic E-state index is 2.67. The summed E-state index contributed by atoms with van der Waals surface area (Å²) in [5.41, 5.74) is 3.96. The fourth-order valence-electron chi connectivity index (χ4n) is 3.17. The monoisotopic (exact) mass is 256 g/mol. The van der Waals surface area contributed by atoms with Gasteiger partial charge >= 0.3 is 0 Å². The molecule has 0 amide bonds. The Hall–Kier alpha value is 0.600. The third-order valence-electron chi connectivity index (χ3n) is 4.45. The van der Waals surface area contributed by atoms with Crippen molar-refractivity contribution in [2.24, 2.45) is 0 Å². The van der Waals surface area contributed by atoms with Crippen molar-refractivity contribution in [3.05, 3.63) is 11.6 Å². The Morgan fingerprint density at radius 2 is 0.875 bits per heavy atom. The van der Waals surface area contributed by atoms with Crippen molar-refractivity contribution in [3.8, 4) is 0 Å². The molecule has 16 heavy (non-hydrogen) atoms. The van der Waals surface area contributed by atoms with E-state index in [1.807, 2.05) is 0 Å². The van der Waals surface area contributed by atoms with Crippen LogP contribution in [0.25, 0.3) is 0 Å². The second kappa shape index (κ2) is 5.49. The number of rotatable bonds is 2. The van der Waals surface area contributed by atoms with Crippen molar-refractivity contribution in [2.45, 2.75) is 76.0 Å². The molecular formula is C14H26P2. The van der Waals surface area contributed by atoms with Crippen LogP contribution in [0.1, 0.15) is 53.4 Å². The first-order valence-electron chi connectivity index (χ1n) is 6.82. The molecule has 0 radical (unpaired) electrons. The first kappa shape index (κ1) is 13.0. The normalized spacial score (nSPS) is 49.2. The highest BCUT2D eigenvalue weighted by Gasteiger charge is 2.30. The van der Waals surface area contributed by atoms with Crippen LogP contribution in [0.3, 0.4) is 0 Å². The molecule has 2 saturated heterocycles. The highest BCUT2D eigenvalue weighted by molar-refractivity contribution is 7.66. The van der Waals surface area contributed by atoms with Crippen LogP contribution in [-0.4, -0.2) is 22.6 Å². The van der Waals surface area contributed by atoms with E-state index in [1.54, 1.807) is 0 Å². The van der Waals surface area contributed by atoms with Crippen LogP contribution in [0, 0.1) is 0 Å². The average molecular weight is 256 g/mol. The third-order valence-corrected chi connectivity index (χ3v) is 10.8. The van der Waals surface area contributed by atoms with Gasteiger partial charge in [0.25, 0.3) is 0 Å². The Balaban J connectivity index is 1.97. The van der Waals surface area contributed by atoms with Gasteiger partial charge in [0, 0.05) is 0 Å². The molecule has 2 aliphatic heterocycles. The predicted molar refractivity (Wildman–Crippen MR) is 79.3 cm³/mol. The predicted octanol–water partition coefficient (Wildman–Crippen LogP) is 5.56. The molecule has 0 aromatic heterocycles. The van der Waals surface area contributed by atoms with Crippen molar-refractivity contribution in [2.75, 3.05) is 0 Å². The van der Waals surface area contributed by atoms with Gasteiger partial charge in [-0.15, -0.1) is 0 Å². The second-order valence-electron chi connectivity index (χ2n) is 5.74. The maximum atomic E-state index is 2.67. The summed E-state index contributed by atoms with van der Waals surface area (Å²) in [6.45, 7) is 9.87. The Morgan fingerprint density at radius 3 is 1.12 bits per heavy atom. The van der Waals surface area contributed by atoms with Crippen molar-refractivity contribution >= 4 is 15.8 Å². The van der Waals surface area contributed by atoms with Crippen molar-refractivity contribution in [3.63, 3.8) is 0 Å². The highest BCUT2D eigenvalue weighted by Crippen LogP contribution is 2.61. The summed E-state index contributed by atoms with van der Waals surface area (Å²) in [5.74, 6) is 5.34. The second-order valence-corrected chi connectivity index (χ2v) is 11.7. The molecule has 2 heterocycles. The molecule has 0 spiro atoms. The van der Waals surface area contributed by atoms with Crippen LogP contribution in [0.2, 0.25) is 0 Å². The topological polar surface area (TPSA) is 0 Å². The van der Waals surface area contributed by atoms with Crippen LogP contribution in [0.5, 0.6) is 0 Å². The molecule has 0 aliphatic carbocycles. The van der Waals surface area contributed by atoms with E-state index in [1.165, 1.54) is 25.7 Å². The van der Waals surface area contributed by atoms with E-state index in [0.717, 1.165) is 22.6 Å². The summed E-state index contributed by atoms with van der Waals surface area (Å²) in [6, 6.07) is 0. The molecule has 0 N–H and O–H groups in total. The van der Waals surface area contributed by atoms with E-state index in [-0.39, 0.29) is 15.8 Å². The van der Waals surface area contributed by atoms with E-state index >= 15 is 0 Å². The summed E-state index contributed by atoms with van der Waals surface area (Å²) < 4.78 is 0. The van der Waals surface area contributed by atoms with Gasteiger partial charge in [-0.25, -0.2) is 0 Å². The number of hydrogen-bond donors (Lipinski definition) is 0. The summed E-state index contributed by atoms with van der Waals surface area (Å²) in [6.07, 6.45) is 5.89. The van der Waals surface area contributed by atoms with Gasteiger partial charge < -0.3 is 0 Å².